The van der Waals surface area contributed by atoms with E-state index in [0.29, 0.717) is 5.69 Å². The standard InChI is InChI=1S/C6H6Cl2N2O2S/c7-10(8)5-1-3-6(4-2-5)13(9,11)12/h1-4H,(H2,9,11,12). The third kappa shape index (κ3) is 2.73. The third-order valence-electron chi connectivity index (χ3n) is 1.36. The van der Waals surface area contributed by atoms with E-state index in [2.05, 4.69) is 0 Å². The second kappa shape index (κ2) is 3.71. The minimum absolute atomic E-state index is 0.0198. The van der Waals surface area contributed by atoms with Crippen LogP contribution < -0.4 is 9.08 Å². The average Bonchev–Trinajstić information content (AvgIpc) is 2.03. The summed E-state index contributed by atoms with van der Waals surface area (Å²) < 4.78 is 22.5. The molecule has 0 aliphatic carbocycles. The minimum atomic E-state index is -3.65. The highest BCUT2D eigenvalue weighted by molar-refractivity contribution is 7.89. The van der Waals surface area contributed by atoms with Crippen LogP contribution in [0.5, 0.6) is 0 Å². The van der Waals surface area contributed by atoms with Crippen molar-refractivity contribution in [2.24, 2.45) is 5.14 Å². The lowest BCUT2D eigenvalue weighted by Gasteiger charge is -2.05. The molecular formula is C6H6Cl2N2O2S. The summed E-state index contributed by atoms with van der Waals surface area (Å²) in [7, 11) is -3.65. The SMILES string of the molecule is NS(=O)(=O)c1ccc(N(Cl)Cl)cc1. The number of sulfonamides is 1. The number of hydrogen-bond acceptors (Lipinski definition) is 3. The number of anilines is 1. The summed E-state index contributed by atoms with van der Waals surface area (Å²) in [6.45, 7) is 0. The summed E-state index contributed by atoms with van der Waals surface area (Å²) in [6, 6.07) is 5.53. The van der Waals surface area contributed by atoms with Crippen molar-refractivity contribution in [2.45, 2.75) is 4.90 Å². The predicted molar refractivity (Wildman–Crippen MR) is 52.0 cm³/mol. The smallest absolute Gasteiger partial charge is 0.225 e. The summed E-state index contributed by atoms with van der Waals surface area (Å²) in [5.41, 5.74) is 0.468. The number of nitrogens with zero attached hydrogens (tertiary/aromatic N) is 1. The first kappa shape index (κ1) is 10.6. The molecule has 72 valence electrons. The number of nitrogens with two attached hydrogens (primary N) is 1. The monoisotopic (exact) mass is 240 g/mol. The van der Waals surface area contributed by atoms with Gasteiger partial charge >= 0.3 is 0 Å². The molecule has 0 amide bonds. The molecule has 0 unspecified atom stereocenters. The predicted octanol–water partition coefficient (Wildman–Crippen LogP) is 1.45. The molecule has 1 rings (SSSR count). The van der Waals surface area contributed by atoms with Crippen LogP contribution in [-0.4, -0.2) is 8.42 Å². The Hall–Kier alpha value is -0.490. The van der Waals surface area contributed by atoms with Crippen molar-refractivity contribution in [2.75, 3.05) is 3.94 Å². The fourth-order valence-corrected chi connectivity index (χ4v) is 1.49. The molecule has 0 aliphatic rings. The van der Waals surface area contributed by atoms with E-state index >= 15 is 0 Å². The fraction of sp³-hybridized carbons (Fsp3) is 0. The van der Waals surface area contributed by atoms with Crippen LogP contribution in [0.4, 0.5) is 5.69 Å². The van der Waals surface area contributed by atoms with Crippen molar-refractivity contribution in [1.82, 2.24) is 0 Å². The van der Waals surface area contributed by atoms with Crippen molar-refractivity contribution in [1.29, 1.82) is 0 Å². The van der Waals surface area contributed by atoms with E-state index in [-0.39, 0.29) is 4.90 Å². The van der Waals surface area contributed by atoms with Crippen LogP contribution in [-0.2, 0) is 10.0 Å². The molecule has 0 saturated carbocycles. The molecule has 0 heterocycles. The Morgan fingerprint density at radius 1 is 1.15 bits per heavy atom. The summed E-state index contributed by atoms with van der Waals surface area (Å²) in [4.78, 5) is 0.0198. The van der Waals surface area contributed by atoms with Crippen LogP contribution in [0.2, 0.25) is 0 Å². The largest absolute Gasteiger partial charge is 0.238 e. The van der Waals surface area contributed by atoms with E-state index in [4.69, 9.17) is 28.7 Å². The summed E-state index contributed by atoms with van der Waals surface area (Å²) in [5.74, 6) is 0. The molecule has 0 aliphatic heterocycles. The highest BCUT2D eigenvalue weighted by atomic mass is 35.5. The minimum Gasteiger partial charge on any atom is -0.225 e. The summed E-state index contributed by atoms with van der Waals surface area (Å²) in [6.07, 6.45) is 0. The Balaban J connectivity index is 3.08. The molecule has 7 heteroatoms. The van der Waals surface area contributed by atoms with Crippen molar-refractivity contribution in [3.05, 3.63) is 24.3 Å². The number of benzene rings is 1. The molecule has 0 aromatic heterocycles. The first-order valence-electron chi connectivity index (χ1n) is 3.16. The molecule has 0 saturated heterocycles. The van der Waals surface area contributed by atoms with Crippen molar-refractivity contribution < 1.29 is 8.42 Å². The molecule has 0 radical (unpaired) electrons. The number of rotatable bonds is 2. The maximum Gasteiger partial charge on any atom is 0.238 e. The normalized spacial score (nSPS) is 11.3. The first-order chi connectivity index (χ1) is 5.91. The van der Waals surface area contributed by atoms with Gasteiger partial charge in [-0.25, -0.2) is 13.6 Å². The van der Waals surface area contributed by atoms with Gasteiger partial charge in [-0.2, -0.15) is 3.94 Å². The lowest BCUT2D eigenvalue weighted by Crippen LogP contribution is -2.11. The van der Waals surface area contributed by atoms with Gasteiger partial charge in [-0.15, -0.1) is 0 Å². The maximum atomic E-state index is 10.8. The molecule has 0 spiro atoms. The van der Waals surface area contributed by atoms with Crippen molar-refractivity contribution in [3.8, 4) is 0 Å². The van der Waals surface area contributed by atoms with Gasteiger partial charge in [-0.05, 0) is 24.3 Å². The van der Waals surface area contributed by atoms with Gasteiger partial charge in [0.05, 0.1) is 10.6 Å². The van der Waals surface area contributed by atoms with Gasteiger partial charge in [-0.1, -0.05) is 0 Å². The Bertz CT molecular complexity index is 388. The highest BCUT2D eigenvalue weighted by Crippen LogP contribution is 2.20. The van der Waals surface area contributed by atoms with E-state index in [0.717, 1.165) is 3.94 Å². The van der Waals surface area contributed by atoms with E-state index in [1.165, 1.54) is 24.3 Å². The first-order valence-corrected chi connectivity index (χ1v) is 5.38. The van der Waals surface area contributed by atoms with Crippen molar-refractivity contribution in [3.63, 3.8) is 0 Å². The summed E-state index contributed by atoms with van der Waals surface area (Å²) >= 11 is 10.8. The molecular weight excluding hydrogens is 235 g/mol. The quantitative estimate of drug-likeness (QED) is 0.797. The lowest BCUT2D eigenvalue weighted by atomic mass is 10.3. The fourth-order valence-electron chi connectivity index (χ4n) is 0.749. The van der Waals surface area contributed by atoms with Crippen LogP contribution in [0, 0.1) is 0 Å². The van der Waals surface area contributed by atoms with E-state index in [1.54, 1.807) is 0 Å². The number of primary sulfonamides is 1. The van der Waals surface area contributed by atoms with Gasteiger partial charge in [0.2, 0.25) is 10.0 Å². The zero-order valence-corrected chi connectivity index (χ0v) is 8.64. The second-order valence-corrected chi connectivity index (χ2v) is 4.68. The molecule has 0 bridgehead atoms. The van der Waals surface area contributed by atoms with E-state index in [9.17, 15) is 8.42 Å². The highest BCUT2D eigenvalue weighted by Gasteiger charge is 2.07. The Morgan fingerprint density at radius 3 is 1.92 bits per heavy atom. The third-order valence-corrected chi connectivity index (χ3v) is 2.68. The number of halogens is 2. The van der Waals surface area contributed by atoms with E-state index in [1.807, 2.05) is 0 Å². The maximum absolute atomic E-state index is 10.8. The van der Waals surface area contributed by atoms with Crippen LogP contribution in [0.25, 0.3) is 0 Å². The zero-order valence-electron chi connectivity index (χ0n) is 6.31. The lowest BCUT2D eigenvalue weighted by molar-refractivity contribution is 0.598. The van der Waals surface area contributed by atoms with E-state index < -0.39 is 10.0 Å². The van der Waals surface area contributed by atoms with Gasteiger partial charge in [0.15, 0.2) is 0 Å². The van der Waals surface area contributed by atoms with Crippen LogP contribution in [0.1, 0.15) is 0 Å². The molecule has 0 fully saturated rings. The average molecular weight is 241 g/mol. The topological polar surface area (TPSA) is 63.4 Å². The molecule has 0 atom stereocenters. The molecule has 1 aromatic rings. The Morgan fingerprint density at radius 2 is 1.62 bits per heavy atom. The molecule has 1 aromatic carbocycles. The molecule has 2 N–H and O–H groups in total. The van der Waals surface area contributed by atoms with Crippen molar-refractivity contribution >= 4 is 39.3 Å². The molecule has 13 heavy (non-hydrogen) atoms. The Labute approximate surface area is 86.1 Å². The van der Waals surface area contributed by atoms with Gasteiger partial charge in [0, 0.05) is 23.6 Å². The Kier molecular flexibility index (Phi) is 3.02. The number of hydrogen-bond donors (Lipinski definition) is 1. The van der Waals surface area contributed by atoms with Gasteiger partial charge in [-0.3, -0.25) is 0 Å². The zero-order chi connectivity index (χ0) is 10.1. The van der Waals surface area contributed by atoms with Gasteiger partial charge in [0.1, 0.15) is 0 Å². The van der Waals surface area contributed by atoms with Crippen LogP contribution in [0.15, 0.2) is 29.2 Å². The molecule has 4 nitrogen and oxygen atoms in total. The van der Waals surface area contributed by atoms with Crippen LogP contribution >= 0.6 is 23.6 Å². The summed E-state index contributed by atoms with van der Waals surface area (Å²) in [5, 5.41) is 4.88. The second-order valence-electron chi connectivity index (χ2n) is 2.27. The van der Waals surface area contributed by atoms with Gasteiger partial charge in [0.25, 0.3) is 0 Å². The van der Waals surface area contributed by atoms with Gasteiger partial charge < -0.3 is 0 Å². The van der Waals surface area contributed by atoms with Crippen LogP contribution in [0.3, 0.4) is 0 Å².